The fourth-order valence-electron chi connectivity index (χ4n) is 2.28. The summed E-state index contributed by atoms with van der Waals surface area (Å²) in [6, 6.07) is 7.50. The number of nitrogens with zero attached hydrogens (tertiary/aromatic N) is 2. The van der Waals surface area contributed by atoms with Gasteiger partial charge in [-0.1, -0.05) is 23.7 Å². The predicted octanol–water partition coefficient (Wildman–Crippen LogP) is 2.30. The zero-order chi connectivity index (χ0) is 13.2. The quantitative estimate of drug-likeness (QED) is 0.915. The van der Waals surface area contributed by atoms with Crippen molar-refractivity contribution in [3.63, 3.8) is 0 Å². The van der Waals surface area contributed by atoms with Crippen molar-refractivity contribution in [1.29, 1.82) is 0 Å². The van der Waals surface area contributed by atoms with Crippen molar-refractivity contribution < 1.29 is 0 Å². The highest BCUT2D eigenvalue weighted by molar-refractivity contribution is 6.30. The minimum atomic E-state index is 0.0483. The zero-order valence-corrected chi connectivity index (χ0v) is 11.2. The molecule has 1 aromatic heterocycles. The summed E-state index contributed by atoms with van der Waals surface area (Å²) in [5, 5.41) is 3.86. The number of fused-ring (bicyclic) bond motifs is 1. The smallest absolute Gasteiger partial charge is 0.258 e. The Kier molecular flexibility index (Phi) is 3.25. The van der Waals surface area contributed by atoms with E-state index in [-0.39, 0.29) is 5.56 Å². The summed E-state index contributed by atoms with van der Waals surface area (Å²) in [6.45, 7) is 1.41. The molecule has 0 unspecified atom stereocenters. The average Bonchev–Trinajstić information content (AvgIpc) is 2.45. The maximum Gasteiger partial charge on any atom is 0.258 e. The van der Waals surface area contributed by atoms with Crippen molar-refractivity contribution in [2.24, 2.45) is 0 Å². The normalized spacial score (nSPS) is 13.7. The van der Waals surface area contributed by atoms with Crippen molar-refractivity contribution in [3.05, 3.63) is 57.1 Å². The molecule has 1 aromatic carbocycles. The van der Waals surface area contributed by atoms with E-state index in [0.717, 1.165) is 36.3 Å². The number of anilines is 1. The third-order valence-electron chi connectivity index (χ3n) is 3.29. The first-order chi connectivity index (χ1) is 9.24. The van der Waals surface area contributed by atoms with E-state index in [9.17, 15) is 4.79 Å². The van der Waals surface area contributed by atoms with Crippen molar-refractivity contribution >= 4 is 17.4 Å². The van der Waals surface area contributed by atoms with Gasteiger partial charge in [0.25, 0.3) is 5.56 Å². The first-order valence-electron chi connectivity index (χ1n) is 6.30. The molecule has 0 fully saturated rings. The van der Waals surface area contributed by atoms with Crippen LogP contribution in [0.25, 0.3) is 0 Å². The molecule has 3 rings (SSSR count). The summed E-state index contributed by atoms with van der Waals surface area (Å²) >= 11 is 5.85. The third kappa shape index (κ3) is 2.49. The van der Waals surface area contributed by atoms with Gasteiger partial charge in [0, 0.05) is 11.6 Å². The summed E-state index contributed by atoms with van der Waals surface area (Å²) in [4.78, 5) is 16.7. The zero-order valence-electron chi connectivity index (χ0n) is 10.4. The number of benzene rings is 1. The Morgan fingerprint density at radius 3 is 2.89 bits per heavy atom. The van der Waals surface area contributed by atoms with Crippen molar-refractivity contribution in [2.75, 3.05) is 11.9 Å². The average molecular weight is 276 g/mol. The van der Waals surface area contributed by atoms with Gasteiger partial charge < -0.3 is 5.32 Å². The van der Waals surface area contributed by atoms with Crippen LogP contribution in [0.2, 0.25) is 5.02 Å². The first kappa shape index (κ1) is 12.2. The number of hydrogen-bond acceptors (Lipinski definition) is 3. The van der Waals surface area contributed by atoms with Crippen LogP contribution >= 0.6 is 11.6 Å². The molecule has 1 aliphatic heterocycles. The molecule has 1 N–H and O–H groups in total. The molecule has 4 nitrogen and oxygen atoms in total. The Hall–Kier alpha value is -1.81. The van der Waals surface area contributed by atoms with Crippen LogP contribution in [0, 0.1) is 0 Å². The molecule has 0 atom stereocenters. The van der Waals surface area contributed by atoms with Gasteiger partial charge in [0.1, 0.15) is 12.1 Å². The Morgan fingerprint density at radius 1 is 1.32 bits per heavy atom. The van der Waals surface area contributed by atoms with Crippen LogP contribution in [0.5, 0.6) is 0 Å². The van der Waals surface area contributed by atoms with Gasteiger partial charge in [-0.2, -0.15) is 0 Å². The van der Waals surface area contributed by atoms with Gasteiger partial charge in [0.2, 0.25) is 0 Å². The van der Waals surface area contributed by atoms with E-state index in [1.54, 1.807) is 10.9 Å². The molecule has 0 saturated heterocycles. The first-order valence-corrected chi connectivity index (χ1v) is 6.68. The standard InChI is InChI=1S/C14H14ClN3O/c15-11-5-3-10(4-6-11)8-18-9-17-13-12(14(18)19)2-1-7-16-13/h3-6,9,16H,1-2,7-8H2. The van der Waals surface area contributed by atoms with Crippen LogP contribution in [-0.2, 0) is 13.0 Å². The van der Waals surface area contributed by atoms with Crippen LogP contribution in [-0.4, -0.2) is 16.1 Å². The van der Waals surface area contributed by atoms with E-state index in [0.29, 0.717) is 11.6 Å². The lowest BCUT2D eigenvalue weighted by molar-refractivity contribution is 0.698. The largest absolute Gasteiger partial charge is 0.370 e. The number of aromatic nitrogens is 2. The molecule has 0 saturated carbocycles. The van der Waals surface area contributed by atoms with Gasteiger partial charge in [-0.15, -0.1) is 0 Å². The van der Waals surface area contributed by atoms with Crippen LogP contribution < -0.4 is 10.9 Å². The van der Waals surface area contributed by atoms with Gasteiger partial charge in [0.15, 0.2) is 0 Å². The van der Waals surface area contributed by atoms with E-state index >= 15 is 0 Å². The Labute approximate surface area is 116 Å². The number of halogens is 1. The van der Waals surface area contributed by atoms with Crippen LogP contribution in [0.1, 0.15) is 17.5 Å². The minimum absolute atomic E-state index is 0.0483. The fourth-order valence-corrected chi connectivity index (χ4v) is 2.41. The second-order valence-electron chi connectivity index (χ2n) is 4.66. The van der Waals surface area contributed by atoms with Gasteiger partial charge >= 0.3 is 0 Å². The van der Waals surface area contributed by atoms with E-state index in [1.807, 2.05) is 24.3 Å². The summed E-state index contributed by atoms with van der Waals surface area (Å²) < 4.78 is 1.65. The molecule has 1 aliphatic rings. The molecular weight excluding hydrogens is 262 g/mol. The molecule has 5 heteroatoms. The Balaban J connectivity index is 1.93. The molecule has 98 valence electrons. The topological polar surface area (TPSA) is 46.9 Å². The molecule has 2 heterocycles. The van der Waals surface area contributed by atoms with E-state index in [2.05, 4.69) is 10.3 Å². The van der Waals surface area contributed by atoms with Gasteiger partial charge in [0.05, 0.1) is 12.1 Å². The van der Waals surface area contributed by atoms with Gasteiger partial charge in [-0.05, 0) is 30.5 Å². The molecule has 0 spiro atoms. The summed E-state index contributed by atoms with van der Waals surface area (Å²) in [6.07, 6.45) is 3.39. The van der Waals surface area contributed by atoms with E-state index in [4.69, 9.17) is 11.6 Å². The highest BCUT2D eigenvalue weighted by Gasteiger charge is 2.15. The highest BCUT2D eigenvalue weighted by atomic mass is 35.5. The van der Waals surface area contributed by atoms with Crippen LogP contribution in [0.3, 0.4) is 0 Å². The maximum atomic E-state index is 12.3. The van der Waals surface area contributed by atoms with E-state index in [1.165, 1.54) is 0 Å². The fraction of sp³-hybridized carbons (Fsp3) is 0.286. The second kappa shape index (κ2) is 5.05. The molecular formula is C14H14ClN3O. The van der Waals surface area contributed by atoms with Crippen molar-refractivity contribution in [2.45, 2.75) is 19.4 Å². The number of rotatable bonds is 2. The number of hydrogen-bond donors (Lipinski definition) is 1. The van der Waals surface area contributed by atoms with Gasteiger partial charge in [-0.25, -0.2) is 4.98 Å². The van der Waals surface area contributed by atoms with Crippen LogP contribution in [0.4, 0.5) is 5.82 Å². The SMILES string of the molecule is O=c1c2c(ncn1Cc1ccc(Cl)cc1)NCCC2. The van der Waals surface area contributed by atoms with Crippen molar-refractivity contribution in [3.8, 4) is 0 Å². The minimum Gasteiger partial charge on any atom is -0.370 e. The highest BCUT2D eigenvalue weighted by Crippen LogP contribution is 2.15. The summed E-state index contributed by atoms with van der Waals surface area (Å²) in [7, 11) is 0. The number of nitrogens with one attached hydrogen (secondary N) is 1. The molecule has 2 aromatic rings. The van der Waals surface area contributed by atoms with Crippen molar-refractivity contribution in [1.82, 2.24) is 9.55 Å². The lowest BCUT2D eigenvalue weighted by Crippen LogP contribution is -2.29. The second-order valence-corrected chi connectivity index (χ2v) is 5.10. The Bertz CT molecular complexity index is 649. The third-order valence-corrected chi connectivity index (χ3v) is 3.55. The molecule has 0 bridgehead atoms. The summed E-state index contributed by atoms with van der Waals surface area (Å²) in [5.74, 6) is 0.739. The summed E-state index contributed by atoms with van der Waals surface area (Å²) in [5.41, 5.74) is 1.88. The maximum absolute atomic E-state index is 12.3. The predicted molar refractivity (Wildman–Crippen MR) is 75.9 cm³/mol. The molecule has 19 heavy (non-hydrogen) atoms. The molecule has 0 amide bonds. The van der Waals surface area contributed by atoms with Gasteiger partial charge in [-0.3, -0.25) is 9.36 Å². The monoisotopic (exact) mass is 275 g/mol. The van der Waals surface area contributed by atoms with Crippen LogP contribution in [0.15, 0.2) is 35.4 Å². The van der Waals surface area contributed by atoms with E-state index < -0.39 is 0 Å². The lowest BCUT2D eigenvalue weighted by Gasteiger charge is -2.17. The molecule has 0 aliphatic carbocycles. The molecule has 0 radical (unpaired) electrons. The Morgan fingerprint density at radius 2 is 2.11 bits per heavy atom. The lowest BCUT2D eigenvalue weighted by atomic mass is 10.1.